The highest BCUT2D eigenvalue weighted by Gasteiger charge is 2.19. The zero-order valence-corrected chi connectivity index (χ0v) is 9.64. The molecule has 5 nitrogen and oxygen atoms in total. The Morgan fingerprint density at radius 2 is 2.24 bits per heavy atom. The van der Waals surface area contributed by atoms with Crippen LogP contribution in [0.25, 0.3) is 11.0 Å². The van der Waals surface area contributed by atoms with E-state index in [-0.39, 0.29) is 0 Å². The highest BCUT2D eigenvalue weighted by molar-refractivity contribution is 5.92. The zero-order valence-electron chi connectivity index (χ0n) is 9.64. The summed E-state index contributed by atoms with van der Waals surface area (Å²) in [4.78, 5) is 6.49. The van der Waals surface area contributed by atoms with Crippen LogP contribution in [0.3, 0.4) is 0 Å². The molecule has 1 aromatic carbocycles. The predicted molar refractivity (Wildman–Crippen MR) is 66.7 cm³/mol. The van der Waals surface area contributed by atoms with E-state index < -0.39 is 0 Å². The van der Waals surface area contributed by atoms with Gasteiger partial charge in [0.25, 0.3) is 0 Å². The van der Waals surface area contributed by atoms with Gasteiger partial charge in [-0.3, -0.25) is 0 Å². The van der Waals surface area contributed by atoms with Crippen molar-refractivity contribution in [1.82, 2.24) is 9.55 Å². The Bertz CT molecular complexity index is 634. The van der Waals surface area contributed by atoms with Crippen molar-refractivity contribution in [3.05, 3.63) is 17.7 Å². The second-order valence-electron chi connectivity index (χ2n) is 4.37. The minimum absolute atomic E-state index is 0.534. The summed E-state index contributed by atoms with van der Waals surface area (Å²) in [7, 11) is 2.04. The molecular formula is C12H13N5. The molecule has 2 N–H and O–H groups in total. The Labute approximate surface area is 99.1 Å². The van der Waals surface area contributed by atoms with Crippen LogP contribution >= 0.6 is 0 Å². The zero-order chi connectivity index (χ0) is 12.0. The number of imidazole rings is 1. The van der Waals surface area contributed by atoms with Gasteiger partial charge >= 0.3 is 0 Å². The van der Waals surface area contributed by atoms with Gasteiger partial charge in [-0.25, -0.2) is 4.98 Å². The molecular weight excluding hydrogens is 214 g/mol. The fourth-order valence-electron chi connectivity index (χ4n) is 2.43. The Morgan fingerprint density at radius 3 is 3.00 bits per heavy atom. The lowest BCUT2D eigenvalue weighted by atomic mass is 10.1. The number of benzene rings is 1. The maximum atomic E-state index is 9.03. The first-order chi connectivity index (χ1) is 8.20. The van der Waals surface area contributed by atoms with Crippen LogP contribution in [0.5, 0.6) is 0 Å². The maximum Gasteiger partial charge on any atom is 0.201 e. The summed E-state index contributed by atoms with van der Waals surface area (Å²) >= 11 is 0. The van der Waals surface area contributed by atoms with Gasteiger partial charge in [0.05, 0.1) is 28.4 Å². The van der Waals surface area contributed by atoms with Gasteiger partial charge in [-0.15, -0.1) is 0 Å². The summed E-state index contributed by atoms with van der Waals surface area (Å²) in [6.45, 7) is 1.84. The van der Waals surface area contributed by atoms with Crippen LogP contribution in [0, 0.1) is 11.3 Å². The summed E-state index contributed by atoms with van der Waals surface area (Å²) in [6, 6.07) is 5.88. The molecule has 17 heavy (non-hydrogen) atoms. The molecule has 0 saturated carbocycles. The molecule has 0 saturated heterocycles. The van der Waals surface area contributed by atoms with Gasteiger partial charge < -0.3 is 15.2 Å². The van der Waals surface area contributed by atoms with E-state index in [1.54, 1.807) is 6.07 Å². The van der Waals surface area contributed by atoms with Gasteiger partial charge in [0.15, 0.2) is 0 Å². The number of aryl methyl sites for hydroxylation is 1. The van der Waals surface area contributed by atoms with Crippen LogP contribution < -0.4 is 10.6 Å². The molecule has 0 aliphatic carbocycles. The van der Waals surface area contributed by atoms with Gasteiger partial charge in [-0.05, 0) is 18.6 Å². The molecule has 1 aromatic heterocycles. The van der Waals surface area contributed by atoms with Crippen LogP contribution in [0.4, 0.5) is 11.6 Å². The van der Waals surface area contributed by atoms with E-state index in [4.69, 9.17) is 11.0 Å². The number of nitriles is 1. The highest BCUT2D eigenvalue weighted by Crippen LogP contribution is 2.32. The fraction of sp³-hybridized carbons (Fsp3) is 0.333. The number of hydrogen-bond donors (Lipinski definition) is 1. The third-order valence-corrected chi connectivity index (χ3v) is 3.27. The van der Waals surface area contributed by atoms with E-state index in [0.717, 1.165) is 36.2 Å². The molecule has 0 fully saturated rings. The van der Waals surface area contributed by atoms with Crippen LogP contribution in [-0.4, -0.2) is 23.1 Å². The molecule has 5 heteroatoms. The van der Waals surface area contributed by atoms with Crippen molar-refractivity contribution in [2.45, 2.75) is 13.0 Å². The predicted octanol–water partition coefficient (Wildman–Crippen LogP) is 1.33. The third-order valence-electron chi connectivity index (χ3n) is 3.27. The van der Waals surface area contributed by atoms with Gasteiger partial charge in [0.1, 0.15) is 0 Å². The van der Waals surface area contributed by atoms with Crippen LogP contribution in [0.2, 0.25) is 0 Å². The molecule has 1 aliphatic heterocycles. The molecule has 86 valence electrons. The van der Waals surface area contributed by atoms with Gasteiger partial charge in [0.2, 0.25) is 5.95 Å². The Hall–Kier alpha value is -2.22. The van der Waals surface area contributed by atoms with Crippen molar-refractivity contribution in [1.29, 1.82) is 5.26 Å². The lowest BCUT2D eigenvalue weighted by Crippen LogP contribution is -2.17. The van der Waals surface area contributed by atoms with Crippen molar-refractivity contribution in [3.8, 4) is 6.07 Å². The number of nitrogens with two attached hydrogens (primary N) is 1. The Balaban J connectivity index is 2.42. The van der Waals surface area contributed by atoms with Gasteiger partial charge in [-0.2, -0.15) is 5.26 Å². The highest BCUT2D eigenvalue weighted by atomic mass is 15.2. The van der Waals surface area contributed by atoms with E-state index in [1.165, 1.54) is 0 Å². The number of aromatic nitrogens is 2. The van der Waals surface area contributed by atoms with Crippen molar-refractivity contribution in [2.24, 2.45) is 0 Å². The second-order valence-corrected chi connectivity index (χ2v) is 4.37. The quantitative estimate of drug-likeness (QED) is 0.737. The van der Waals surface area contributed by atoms with Crippen molar-refractivity contribution in [2.75, 3.05) is 24.2 Å². The molecule has 0 unspecified atom stereocenters. The molecule has 0 bridgehead atoms. The summed E-state index contributed by atoms with van der Waals surface area (Å²) in [5.74, 6) is 0.534. The molecule has 1 aliphatic rings. The SMILES string of the molecule is CN1CCCn2c(N)nc3cc(C#N)cc1c32. The Morgan fingerprint density at radius 1 is 1.41 bits per heavy atom. The lowest BCUT2D eigenvalue weighted by molar-refractivity contribution is 0.675. The number of nitrogens with zero attached hydrogens (tertiary/aromatic N) is 4. The number of nitrogen functional groups attached to an aromatic ring is 1. The maximum absolute atomic E-state index is 9.03. The molecule has 0 atom stereocenters. The standard InChI is InChI=1S/C12H13N5/c1-16-3-2-4-17-11-9(15-12(17)14)5-8(7-13)6-10(11)16/h5-6H,2-4H2,1H3,(H2,14,15). The summed E-state index contributed by atoms with van der Waals surface area (Å²) in [6.07, 6.45) is 1.03. The van der Waals surface area contributed by atoms with Crippen molar-refractivity contribution in [3.63, 3.8) is 0 Å². The number of anilines is 2. The molecule has 0 radical (unpaired) electrons. The first-order valence-electron chi connectivity index (χ1n) is 5.61. The number of rotatable bonds is 0. The van der Waals surface area contributed by atoms with Gasteiger partial charge in [-0.1, -0.05) is 0 Å². The first-order valence-corrected chi connectivity index (χ1v) is 5.61. The molecule has 2 aromatic rings. The van der Waals surface area contributed by atoms with E-state index in [9.17, 15) is 0 Å². The largest absolute Gasteiger partial charge is 0.373 e. The van der Waals surface area contributed by atoms with E-state index >= 15 is 0 Å². The van der Waals surface area contributed by atoms with E-state index in [1.807, 2.05) is 17.7 Å². The normalized spacial score (nSPS) is 14.7. The minimum atomic E-state index is 0.534. The third kappa shape index (κ3) is 1.34. The Kier molecular flexibility index (Phi) is 1.99. The molecule has 0 amide bonds. The summed E-state index contributed by atoms with van der Waals surface area (Å²) in [5.41, 5.74) is 9.45. The fourth-order valence-corrected chi connectivity index (χ4v) is 2.43. The second kappa shape index (κ2) is 3.39. The molecule has 2 heterocycles. The minimum Gasteiger partial charge on any atom is -0.373 e. The van der Waals surface area contributed by atoms with Crippen molar-refractivity contribution >= 4 is 22.7 Å². The van der Waals surface area contributed by atoms with Crippen LogP contribution in [0.1, 0.15) is 12.0 Å². The summed E-state index contributed by atoms with van der Waals surface area (Å²) in [5, 5.41) is 9.03. The van der Waals surface area contributed by atoms with Crippen LogP contribution in [-0.2, 0) is 6.54 Å². The topological polar surface area (TPSA) is 70.9 Å². The average Bonchev–Trinajstić information content (AvgIpc) is 2.52. The molecule has 3 rings (SSSR count). The van der Waals surface area contributed by atoms with E-state index in [0.29, 0.717) is 11.5 Å². The van der Waals surface area contributed by atoms with Crippen LogP contribution in [0.15, 0.2) is 12.1 Å². The smallest absolute Gasteiger partial charge is 0.201 e. The van der Waals surface area contributed by atoms with Crippen molar-refractivity contribution < 1.29 is 0 Å². The monoisotopic (exact) mass is 227 g/mol. The average molecular weight is 227 g/mol. The van der Waals surface area contributed by atoms with Gasteiger partial charge in [0, 0.05) is 20.1 Å². The lowest BCUT2D eigenvalue weighted by Gasteiger charge is -2.17. The van der Waals surface area contributed by atoms with E-state index in [2.05, 4.69) is 16.0 Å². The summed E-state index contributed by atoms with van der Waals surface area (Å²) < 4.78 is 2.04. The number of hydrogen-bond acceptors (Lipinski definition) is 4. The first kappa shape index (κ1) is 9.97. The molecule has 0 spiro atoms.